The molecule has 4 bridgehead atoms. The molecule has 0 aliphatic carbocycles. The Labute approximate surface area is 259 Å². The van der Waals surface area contributed by atoms with Crippen molar-refractivity contribution in [3.05, 3.63) is 77.0 Å². The van der Waals surface area contributed by atoms with Crippen LogP contribution in [-0.4, -0.2) is 75.4 Å². The van der Waals surface area contributed by atoms with E-state index in [9.17, 15) is 8.78 Å². The fraction of sp³-hybridized carbons (Fsp3) is 0.333. The first-order chi connectivity index (χ1) is 21.1. The van der Waals surface area contributed by atoms with Crippen molar-refractivity contribution in [1.82, 2.24) is 19.9 Å². The smallest absolute Gasteiger partial charge is 0.423 e. The highest BCUT2D eigenvalue weighted by Gasteiger charge is 2.32. The molecular formula is C30H32BClF2N8O2. The fourth-order valence-electron chi connectivity index (χ4n) is 5.65. The molecule has 0 amide bonds. The van der Waals surface area contributed by atoms with Crippen molar-refractivity contribution in [3.8, 4) is 11.3 Å². The molecular weight excluding hydrogens is 589 g/mol. The van der Waals surface area contributed by atoms with Gasteiger partial charge in [0.15, 0.2) is 28.4 Å². The number of aromatic nitrogens is 4. The molecule has 2 fully saturated rings. The fourth-order valence-corrected chi connectivity index (χ4v) is 5.79. The summed E-state index contributed by atoms with van der Waals surface area (Å²) in [5, 5.41) is 23.9. The van der Waals surface area contributed by atoms with Gasteiger partial charge in [-0.2, -0.15) is 0 Å². The molecule has 2 saturated heterocycles. The van der Waals surface area contributed by atoms with Crippen molar-refractivity contribution in [1.29, 1.82) is 0 Å². The van der Waals surface area contributed by atoms with E-state index in [2.05, 4.69) is 40.4 Å². The standard InChI is InChI=1S/C15H15FN4.C9H9ClFN3.C6H8BNO2/c1-9-2-3-10(7-17-9)14-12(16)6-13-15(19-14)18-11-4-5-20(13)8-11;10-8-6(11)3-7-9(13-8)12-5-1-2-14(7)4-5;1-5-2-3-6(4-8-5)7(9)10/h2-3,6-7,11H,4-5,8H2,1H3,(H,18,19);3,5H,1-2,4H2,(H,12,13);2-4,9-10H,1H3/t11-;5-;/m00./s1. The lowest BCUT2D eigenvalue weighted by atomic mass is 9.82. The van der Waals surface area contributed by atoms with E-state index in [1.54, 1.807) is 24.4 Å². The van der Waals surface area contributed by atoms with Gasteiger partial charge in [-0.15, -0.1) is 0 Å². The molecule has 4 aromatic rings. The molecule has 0 radical (unpaired) electrons. The van der Waals surface area contributed by atoms with Crippen LogP contribution < -0.4 is 25.9 Å². The lowest BCUT2D eigenvalue weighted by molar-refractivity contribution is 0.425. The van der Waals surface area contributed by atoms with Crippen molar-refractivity contribution < 1.29 is 18.8 Å². The van der Waals surface area contributed by atoms with Crippen LogP contribution in [-0.2, 0) is 0 Å². The maximum atomic E-state index is 14.3. The van der Waals surface area contributed by atoms with E-state index in [1.165, 1.54) is 12.3 Å². The third kappa shape index (κ3) is 6.40. The molecule has 8 heterocycles. The van der Waals surface area contributed by atoms with Crippen LogP contribution in [0.1, 0.15) is 24.2 Å². The number of aryl methyl sites for hydroxylation is 2. The first kappa shape index (κ1) is 30.0. The third-order valence-electron chi connectivity index (χ3n) is 8.03. The van der Waals surface area contributed by atoms with Crippen LogP contribution in [0.15, 0.2) is 48.8 Å². The largest absolute Gasteiger partial charge is 0.490 e. The molecule has 4 aliphatic heterocycles. The lowest BCUT2D eigenvalue weighted by Gasteiger charge is -2.28. The first-order valence-corrected chi connectivity index (χ1v) is 14.8. The van der Waals surface area contributed by atoms with Gasteiger partial charge in [-0.3, -0.25) is 9.97 Å². The summed E-state index contributed by atoms with van der Waals surface area (Å²) in [6.45, 7) is 7.57. The first-order valence-electron chi connectivity index (χ1n) is 14.5. The van der Waals surface area contributed by atoms with Gasteiger partial charge >= 0.3 is 7.12 Å². The van der Waals surface area contributed by atoms with Crippen LogP contribution in [0.25, 0.3) is 11.3 Å². The molecule has 0 saturated carbocycles. The molecule has 4 aromatic heterocycles. The zero-order chi connectivity index (χ0) is 31.0. The second-order valence-electron chi connectivity index (χ2n) is 11.3. The Bertz CT molecular complexity index is 1650. The average Bonchev–Trinajstić information content (AvgIpc) is 3.60. The number of nitrogens with one attached hydrogen (secondary N) is 2. The maximum Gasteiger partial charge on any atom is 0.490 e. The molecule has 228 valence electrons. The minimum Gasteiger partial charge on any atom is -0.423 e. The Morgan fingerprint density at radius 3 is 1.93 bits per heavy atom. The number of pyridine rings is 4. The minimum absolute atomic E-state index is 0.0567. The lowest BCUT2D eigenvalue weighted by Crippen LogP contribution is -2.32. The summed E-state index contributed by atoms with van der Waals surface area (Å²) in [5.74, 6) is 0.764. The van der Waals surface area contributed by atoms with Crippen LogP contribution in [0, 0.1) is 25.5 Å². The quantitative estimate of drug-likeness (QED) is 0.196. The topological polar surface area (TPSA) is 123 Å². The monoisotopic (exact) mass is 620 g/mol. The number of halogens is 3. The molecule has 14 heteroatoms. The predicted molar refractivity (Wildman–Crippen MR) is 169 cm³/mol. The molecule has 10 nitrogen and oxygen atoms in total. The average molecular weight is 621 g/mol. The van der Waals surface area contributed by atoms with Gasteiger partial charge in [-0.25, -0.2) is 18.7 Å². The number of rotatable bonds is 2. The molecule has 44 heavy (non-hydrogen) atoms. The van der Waals surface area contributed by atoms with E-state index < -0.39 is 12.9 Å². The van der Waals surface area contributed by atoms with Gasteiger partial charge < -0.3 is 30.5 Å². The Kier molecular flexibility index (Phi) is 8.52. The van der Waals surface area contributed by atoms with Gasteiger partial charge in [0, 0.05) is 85.2 Å². The van der Waals surface area contributed by atoms with Crippen molar-refractivity contribution >= 4 is 47.2 Å². The van der Waals surface area contributed by atoms with E-state index in [0.29, 0.717) is 34.6 Å². The Morgan fingerprint density at radius 2 is 1.39 bits per heavy atom. The van der Waals surface area contributed by atoms with Crippen molar-refractivity contribution in [2.24, 2.45) is 0 Å². The van der Waals surface area contributed by atoms with Crippen molar-refractivity contribution in [2.45, 2.75) is 38.8 Å². The summed E-state index contributed by atoms with van der Waals surface area (Å²) < 4.78 is 27.5. The van der Waals surface area contributed by atoms with Gasteiger partial charge in [0.2, 0.25) is 0 Å². The SMILES string of the molecule is Cc1ccc(-c2nc3c(cc2F)N2CC[C@@H](C2)N3)cn1.Cc1ccc(B(O)O)cn1.Fc1cc2c(nc1Cl)N[C@H]1CCN2C1. The minimum atomic E-state index is -1.41. The second-order valence-corrected chi connectivity index (χ2v) is 11.6. The van der Waals surface area contributed by atoms with Gasteiger partial charge in [0.05, 0.1) is 11.4 Å². The van der Waals surface area contributed by atoms with E-state index in [4.69, 9.17) is 21.6 Å². The maximum absolute atomic E-state index is 14.3. The predicted octanol–water partition coefficient (Wildman–Crippen LogP) is 3.54. The molecule has 8 rings (SSSR count). The highest BCUT2D eigenvalue weighted by atomic mass is 35.5. The van der Waals surface area contributed by atoms with Crippen molar-refractivity contribution in [3.63, 3.8) is 0 Å². The van der Waals surface area contributed by atoms with Gasteiger partial charge in [-0.05, 0) is 44.9 Å². The Hall–Kier alpha value is -4.07. The summed E-state index contributed by atoms with van der Waals surface area (Å²) in [5.41, 5.74) is 4.99. The summed E-state index contributed by atoms with van der Waals surface area (Å²) in [6, 6.07) is 11.0. The van der Waals surface area contributed by atoms with E-state index in [1.807, 2.05) is 26.0 Å². The van der Waals surface area contributed by atoms with Crippen LogP contribution in [0.4, 0.5) is 31.8 Å². The van der Waals surface area contributed by atoms with Crippen LogP contribution >= 0.6 is 11.6 Å². The zero-order valence-electron chi connectivity index (χ0n) is 24.3. The summed E-state index contributed by atoms with van der Waals surface area (Å²) in [4.78, 5) is 20.9. The van der Waals surface area contributed by atoms with Gasteiger partial charge in [-0.1, -0.05) is 17.7 Å². The van der Waals surface area contributed by atoms with Gasteiger partial charge in [0.25, 0.3) is 0 Å². The van der Waals surface area contributed by atoms with Crippen molar-refractivity contribution in [2.75, 3.05) is 46.6 Å². The van der Waals surface area contributed by atoms with Crippen LogP contribution in [0.5, 0.6) is 0 Å². The van der Waals surface area contributed by atoms with Gasteiger partial charge in [0.1, 0.15) is 5.69 Å². The van der Waals surface area contributed by atoms with E-state index >= 15 is 0 Å². The highest BCUT2D eigenvalue weighted by Crippen LogP contribution is 2.37. The number of fused-ring (bicyclic) bond motifs is 8. The molecule has 4 N–H and O–H groups in total. The Morgan fingerprint density at radius 1 is 0.818 bits per heavy atom. The molecule has 4 aliphatic rings. The molecule has 0 aromatic carbocycles. The number of nitrogens with zero attached hydrogens (tertiary/aromatic N) is 6. The van der Waals surface area contributed by atoms with Crippen LogP contribution in [0.2, 0.25) is 5.15 Å². The van der Waals surface area contributed by atoms with E-state index in [-0.39, 0.29) is 11.0 Å². The number of hydrogen-bond acceptors (Lipinski definition) is 10. The normalized spacial score (nSPS) is 18.5. The zero-order valence-corrected chi connectivity index (χ0v) is 25.1. The molecule has 0 spiro atoms. The molecule has 2 atom stereocenters. The third-order valence-corrected chi connectivity index (χ3v) is 8.29. The second kappa shape index (κ2) is 12.5. The highest BCUT2D eigenvalue weighted by molar-refractivity contribution is 6.58. The molecule has 0 unspecified atom stereocenters. The number of anilines is 4. The summed E-state index contributed by atoms with van der Waals surface area (Å²) >= 11 is 5.62. The number of hydrogen-bond donors (Lipinski definition) is 4. The van der Waals surface area contributed by atoms with Crippen LogP contribution in [0.3, 0.4) is 0 Å². The Balaban J connectivity index is 0.000000125. The summed E-state index contributed by atoms with van der Waals surface area (Å²) in [7, 11) is -1.41. The van der Waals surface area contributed by atoms with E-state index in [0.717, 1.165) is 67.6 Å². The summed E-state index contributed by atoms with van der Waals surface area (Å²) in [6.07, 6.45) is 5.28.